The van der Waals surface area contributed by atoms with Gasteiger partial charge in [-0.1, -0.05) is 77.2 Å². The van der Waals surface area contributed by atoms with Gasteiger partial charge in [0.1, 0.15) is 6.23 Å². The fourth-order valence-electron chi connectivity index (χ4n) is 8.02. The Kier molecular flexibility index (Phi) is 11.0. The van der Waals surface area contributed by atoms with Gasteiger partial charge in [-0.25, -0.2) is 0 Å². The molecule has 3 saturated carbocycles. The van der Waals surface area contributed by atoms with Crippen molar-refractivity contribution < 1.29 is 5.11 Å². The molecule has 202 valence electrons. The van der Waals surface area contributed by atoms with Gasteiger partial charge >= 0.3 is 0 Å². The molecule has 36 heavy (non-hydrogen) atoms. The van der Waals surface area contributed by atoms with Crippen LogP contribution in [0.15, 0.2) is 30.9 Å². The number of nitrogens with one attached hydrogen (secondary N) is 1. The summed E-state index contributed by atoms with van der Waals surface area (Å²) in [5.74, 6) is 4.54. The van der Waals surface area contributed by atoms with Gasteiger partial charge in [-0.2, -0.15) is 0 Å². The van der Waals surface area contributed by atoms with E-state index >= 15 is 0 Å². The smallest absolute Gasteiger partial charge is 0.124 e. The monoisotopic (exact) mass is 493 g/mol. The maximum Gasteiger partial charge on any atom is 0.124 e. The van der Waals surface area contributed by atoms with Gasteiger partial charge in [-0.15, -0.1) is 0 Å². The molecule has 3 aliphatic rings. The highest BCUT2D eigenvalue weighted by atomic mass is 16.3. The van der Waals surface area contributed by atoms with E-state index in [1.807, 2.05) is 0 Å². The molecule has 4 rings (SSSR count). The maximum absolute atomic E-state index is 9.84. The van der Waals surface area contributed by atoms with Crippen molar-refractivity contribution in [1.29, 1.82) is 0 Å². The third kappa shape index (κ3) is 7.47. The van der Waals surface area contributed by atoms with Crippen LogP contribution in [0.25, 0.3) is 0 Å². The summed E-state index contributed by atoms with van der Waals surface area (Å²) >= 11 is 0. The van der Waals surface area contributed by atoms with Crippen molar-refractivity contribution in [2.45, 2.75) is 147 Å². The molecule has 3 aliphatic carbocycles. The van der Waals surface area contributed by atoms with Gasteiger partial charge in [-0.3, -0.25) is 5.32 Å². The van der Waals surface area contributed by atoms with Crippen LogP contribution in [0.2, 0.25) is 0 Å². The predicted molar refractivity (Wildman–Crippen MR) is 154 cm³/mol. The zero-order valence-electron chi connectivity index (χ0n) is 23.5. The molecule has 2 heteroatoms. The first-order valence-electron chi connectivity index (χ1n) is 15.8. The molecule has 0 radical (unpaired) electrons. The van der Waals surface area contributed by atoms with Crippen molar-refractivity contribution in [3.8, 4) is 0 Å². The van der Waals surface area contributed by atoms with Crippen molar-refractivity contribution in [1.82, 2.24) is 5.32 Å². The van der Waals surface area contributed by atoms with E-state index in [2.05, 4.69) is 43.9 Å². The first-order valence-corrected chi connectivity index (χ1v) is 15.8. The molecule has 1 atom stereocenters. The third-order valence-electron chi connectivity index (χ3n) is 10.4. The van der Waals surface area contributed by atoms with Crippen LogP contribution in [-0.4, -0.2) is 17.4 Å². The summed E-state index contributed by atoms with van der Waals surface area (Å²) in [6, 6.07) is 8.00. The first kappa shape index (κ1) is 27.9. The van der Waals surface area contributed by atoms with Gasteiger partial charge in [0.15, 0.2) is 0 Å². The van der Waals surface area contributed by atoms with Crippen LogP contribution >= 0.6 is 0 Å². The molecule has 0 heterocycles. The number of benzene rings is 1. The molecule has 0 amide bonds. The zero-order chi connectivity index (χ0) is 25.3. The van der Waals surface area contributed by atoms with Gasteiger partial charge in [0.05, 0.1) is 0 Å². The molecular weight excluding hydrogens is 438 g/mol. The number of hydrogen-bond acceptors (Lipinski definition) is 2. The summed E-state index contributed by atoms with van der Waals surface area (Å²) in [5, 5.41) is 13.1. The fraction of sp³-hybridized carbons (Fsp3) is 0.765. The quantitative estimate of drug-likeness (QED) is 0.183. The maximum atomic E-state index is 9.84. The normalized spacial score (nSPS) is 32.2. The Balaban J connectivity index is 1.25. The minimum absolute atomic E-state index is 0.421. The second-order valence-electron chi connectivity index (χ2n) is 12.6. The third-order valence-corrected chi connectivity index (χ3v) is 10.4. The number of unbranched alkanes of at least 4 members (excludes halogenated alkanes) is 2. The lowest BCUT2D eigenvalue weighted by molar-refractivity contribution is 0.153. The lowest BCUT2D eigenvalue weighted by atomic mass is 9.67. The summed E-state index contributed by atoms with van der Waals surface area (Å²) < 4.78 is 0. The van der Waals surface area contributed by atoms with E-state index in [1.165, 1.54) is 89.9 Å². The standard InChI is InChI=1S/C34H55NO/c1-4-7-8-9-25-10-12-27(13-11-25)28-14-16-29(17-15-28)31-20-23-33(26(5-2)24-31)30-18-21-32(22-19-30)35-34(36)6-3/h6,20,23-25,27-30,32,34-36H,3-5,7-19,21-22H2,1-2H3. The predicted octanol–water partition coefficient (Wildman–Crippen LogP) is 9.03. The van der Waals surface area contributed by atoms with E-state index in [0.29, 0.717) is 12.0 Å². The molecule has 3 fully saturated rings. The first-order chi connectivity index (χ1) is 17.6. The minimum atomic E-state index is -0.572. The Morgan fingerprint density at radius 2 is 1.50 bits per heavy atom. The molecule has 1 aromatic rings. The highest BCUT2D eigenvalue weighted by molar-refractivity contribution is 5.37. The fourth-order valence-corrected chi connectivity index (χ4v) is 8.02. The van der Waals surface area contributed by atoms with Crippen LogP contribution in [0.1, 0.15) is 145 Å². The van der Waals surface area contributed by atoms with Crippen molar-refractivity contribution in [2.24, 2.45) is 17.8 Å². The Morgan fingerprint density at radius 3 is 2.11 bits per heavy atom. The molecule has 1 aromatic carbocycles. The van der Waals surface area contributed by atoms with Crippen LogP contribution in [0.5, 0.6) is 0 Å². The molecule has 0 saturated heterocycles. The van der Waals surface area contributed by atoms with Gasteiger partial charge in [0, 0.05) is 6.04 Å². The summed E-state index contributed by atoms with van der Waals surface area (Å²) in [6.45, 7) is 8.35. The Hall–Kier alpha value is -1.12. The molecule has 2 N–H and O–H groups in total. The Morgan fingerprint density at radius 1 is 0.861 bits per heavy atom. The topological polar surface area (TPSA) is 32.3 Å². The number of rotatable bonds is 11. The number of aryl methyl sites for hydroxylation is 1. The van der Waals surface area contributed by atoms with Gasteiger partial charge in [-0.05, 0) is 123 Å². The zero-order valence-corrected chi connectivity index (χ0v) is 23.5. The molecule has 0 aromatic heterocycles. The summed E-state index contributed by atoms with van der Waals surface area (Å²) in [7, 11) is 0. The average Bonchev–Trinajstić information content (AvgIpc) is 2.94. The van der Waals surface area contributed by atoms with Gasteiger partial charge in [0.25, 0.3) is 0 Å². The molecule has 0 bridgehead atoms. The second kappa shape index (κ2) is 14.1. The van der Waals surface area contributed by atoms with Crippen LogP contribution in [0.3, 0.4) is 0 Å². The van der Waals surface area contributed by atoms with Crippen molar-refractivity contribution >= 4 is 0 Å². The SMILES string of the molecule is C=CC(O)NC1CCC(c2ccc(C3CCC(C4CCC(CCCCC)CC4)CC3)cc2CC)CC1. The van der Waals surface area contributed by atoms with Crippen molar-refractivity contribution in [3.63, 3.8) is 0 Å². The summed E-state index contributed by atoms with van der Waals surface area (Å²) in [5.41, 5.74) is 4.82. The number of aliphatic hydroxyl groups excluding tert-OH is 1. The molecule has 1 unspecified atom stereocenters. The van der Waals surface area contributed by atoms with Crippen LogP contribution in [-0.2, 0) is 6.42 Å². The minimum Gasteiger partial charge on any atom is -0.375 e. The van der Waals surface area contributed by atoms with E-state index in [4.69, 9.17) is 0 Å². The van der Waals surface area contributed by atoms with Crippen LogP contribution in [0.4, 0.5) is 0 Å². The number of aliphatic hydroxyl groups is 1. The van der Waals surface area contributed by atoms with E-state index in [-0.39, 0.29) is 0 Å². The van der Waals surface area contributed by atoms with Crippen molar-refractivity contribution in [3.05, 3.63) is 47.5 Å². The van der Waals surface area contributed by atoms with E-state index in [0.717, 1.165) is 42.9 Å². The van der Waals surface area contributed by atoms with Crippen LogP contribution in [0, 0.1) is 17.8 Å². The summed E-state index contributed by atoms with van der Waals surface area (Å²) in [4.78, 5) is 0. The molecule has 0 spiro atoms. The largest absolute Gasteiger partial charge is 0.375 e. The molecule has 2 nitrogen and oxygen atoms in total. The lowest BCUT2D eigenvalue weighted by Crippen LogP contribution is -2.39. The van der Waals surface area contributed by atoms with Gasteiger partial charge in [0.2, 0.25) is 0 Å². The van der Waals surface area contributed by atoms with Gasteiger partial charge < -0.3 is 5.11 Å². The van der Waals surface area contributed by atoms with E-state index in [9.17, 15) is 5.11 Å². The van der Waals surface area contributed by atoms with E-state index < -0.39 is 6.23 Å². The molecule has 0 aliphatic heterocycles. The highest BCUT2D eigenvalue weighted by Crippen LogP contribution is 2.45. The second-order valence-corrected chi connectivity index (χ2v) is 12.6. The lowest BCUT2D eigenvalue weighted by Gasteiger charge is -2.38. The van der Waals surface area contributed by atoms with Crippen LogP contribution < -0.4 is 5.32 Å². The average molecular weight is 494 g/mol. The summed E-state index contributed by atoms with van der Waals surface area (Å²) in [6.07, 6.45) is 24.5. The highest BCUT2D eigenvalue weighted by Gasteiger charge is 2.32. The Labute approximate surface area is 222 Å². The Bertz CT molecular complexity index is 778. The van der Waals surface area contributed by atoms with Crippen molar-refractivity contribution in [2.75, 3.05) is 0 Å². The molecular formula is C34H55NO. The van der Waals surface area contributed by atoms with E-state index in [1.54, 1.807) is 22.8 Å². The number of hydrogen-bond donors (Lipinski definition) is 2.